The summed E-state index contributed by atoms with van der Waals surface area (Å²) in [5.41, 5.74) is 3.85. The molecule has 0 atom stereocenters. The van der Waals surface area contributed by atoms with Gasteiger partial charge in [-0.05, 0) is 72.9 Å². The van der Waals surface area contributed by atoms with E-state index in [1.165, 1.54) is 0 Å². The Labute approximate surface area is 193 Å². The number of aryl methyl sites for hydroxylation is 1. The van der Waals surface area contributed by atoms with Crippen molar-refractivity contribution in [3.63, 3.8) is 0 Å². The van der Waals surface area contributed by atoms with Gasteiger partial charge in [0, 0.05) is 24.5 Å². The molecule has 0 saturated carbocycles. The Kier molecular flexibility index (Phi) is 6.61. The monoisotopic (exact) mass is 460 g/mol. The van der Waals surface area contributed by atoms with E-state index in [0.29, 0.717) is 30.8 Å². The topological polar surface area (TPSA) is 102 Å². The van der Waals surface area contributed by atoms with Crippen LogP contribution < -0.4 is 14.9 Å². The number of benzene rings is 3. The maximum atomic E-state index is 12.8. The highest BCUT2D eigenvalue weighted by Crippen LogP contribution is 2.30. The second kappa shape index (κ2) is 9.76. The minimum atomic E-state index is -3.67. The van der Waals surface area contributed by atoms with Gasteiger partial charge in [-0.3, -0.25) is 9.62 Å². The molecule has 0 saturated heterocycles. The maximum Gasteiger partial charge on any atom is 0.321 e. The second-order valence-electron chi connectivity index (χ2n) is 7.81. The predicted molar refractivity (Wildman–Crippen MR) is 128 cm³/mol. The smallest absolute Gasteiger partial charge is 0.321 e. The summed E-state index contributed by atoms with van der Waals surface area (Å²) in [7, 11) is -3.67. The molecule has 2 amide bonds. The molecule has 33 heavy (non-hydrogen) atoms. The fourth-order valence-electron chi connectivity index (χ4n) is 3.84. The number of nitrogens with zero attached hydrogens (tertiary/aromatic N) is 2. The van der Waals surface area contributed by atoms with E-state index < -0.39 is 10.0 Å². The van der Waals surface area contributed by atoms with Gasteiger partial charge in [0.25, 0.3) is 10.0 Å². The summed E-state index contributed by atoms with van der Waals surface area (Å²) in [6, 6.07) is 22.7. The molecule has 8 heteroatoms. The van der Waals surface area contributed by atoms with Gasteiger partial charge in [-0.2, -0.15) is 5.26 Å². The van der Waals surface area contributed by atoms with Crippen LogP contribution in [0.4, 0.5) is 16.2 Å². The molecule has 3 aromatic carbocycles. The predicted octanol–water partition coefficient (Wildman–Crippen LogP) is 4.06. The number of amides is 2. The van der Waals surface area contributed by atoms with E-state index in [1.54, 1.807) is 65.6 Å². The van der Waals surface area contributed by atoms with E-state index in [-0.39, 0.29) is 10.9 Å². The van der Waals surface area contributed by atoms with Crippen molar-refractivity contribution in [2.24, 2.45) is 0 Å². The minimum absolute atomic E-state index is 0.179. The van der Waals surface area contributed by atoms with Crippen LogP contribution in [0.2, 0.25) is 0 Å². The number of hydrogen-bond acceptors (Lipinski definition) is 4. The van der Waals surface area contributed by atoms with E-state index in [9.17, 15) is 13.2 Å². The molecule has 0 aliphatic carbocycles. The fraction of sp³-hybridized carbons (Fsp3) is 0.200. The fourth-order valence-corrected chi connectivity index (χ4v) is 4.91. The third-order valence-electron chi connectivity index (χ3n) is 5.52. The van der Waals surface area contributed by atoms with Crippen LogP contribution in [0.5, 0.6) is 0 Å². The Morgan fingerprint density at radius 3 is 2.52 bits per heavy atom. The highest BCUT2D eigenvalue weighted by molar-refractivity contribution is 7.92. The van der Waals surface area contributed by atoms with Gasteiger partial charge < -0.3 is 5.32 Å². The highest BCUT2D eigenvalue weighted by Gasteiger charge is 2.23. The molecule has 0 aromatic heterocycles. The average molecular weight is 461 g/mol. The van der Waals surface area contributed by atoms with Gasteiger partial charge in [-0.15, -0.1) is 0 Å². The van der Waals surface area contributed by atoms with E-state index in [4.69, 9.17) is 5.26 Å². The van der Waals surface area contributed by atoms with Gasteiger partial charge in [0.15, 0.2) is 0 Å². The SMILES string of the molecule is N#Cc1ccc(CCNC(=O)N2CCCc3cc(NS(=O)(=O)c4ccccc4)ccc32)cc1. The van der Waals surface area contributed by atoms with Crippen molar-refractivity contribution in [1.82, 2.24) is 5.32 Å². The van der Waals surface area contributed by atoms with Gasteiger partial charge in [-0.1, -0.05) is 30.3 Å². The summed E-state index contributed by atoms with van der Waals surface area (Å²) >= 11 is 0. The summed E-state index contributed by atoms with van der Waals surface area (Å²) in [5.74, 6) is 0. The van der Waals surface area contributed by atoms with Crippen LogP contribution in [0.25, 0.3) is 0 Å². The summed E-state index contributed by atoms with van der Waals surface area (Å²) in [5, 5.41) is 11.8. The molecule has 1 aliphatic rings. The second-order valence-corrected chi connectivity index (χ2v) is 9.49. The number of nitriles is 1. The summed E-state index contributed by atoms with van der Waals surface area (Å²) in [6.45, 7) is 1.08. The van der Waals surface area contributed by atoms with E-state index in [0.717, 1.165) is 29.7 Å². The zero-order valence-electron chi connectivity index (χ0n) is 18.0. The van der Waals surface area contributed by atoms with Crippen LogP contribution in [-0.4, -0.2) is 27.5 Å². The van der Waals surface area contributed by atoms with Crippen LogP contribution in [0.15, 0.2) is 77.7 Å². The first-order valence-electron chi connectivity index (χ1n) is 10.7. The van der Waals surface area contributed by atoms with Gasteiger partial charge >= 0.3 is 6.03 Å². The minimum Gasteiger partial charge on any atom is -0.337 e. The number of hydrogen-bond donors (Lipinski definition) is 2. The number of anilines is 2. The Bertz CT molecular complexity index is 1280. The first kappa shape index (κ1) is 22.4. The zero-order chi connectivity index (χ0) is 23.3. The number of fused-ring (bicyclic) bond motifs is 1. The molecular weight excluding hydrogens is 436 g/mol. The average Bonchev–Trinajstić information content (AvgIpc) is 2.84. The lowest BCUT2D eigenvalue weighted by Gasteiger charge is -2.30. The molecule has 0 spiro atoms. The Hall–Kier alpha value is -3.83. The molecule has 0 unspecified atom stereocenters. The van der Waals surface area contributed by atoms with Gasteiger partial charge in [0.2, 0.25) is 0 Å². The van der Waals surface area contributed by atoms with Crippen molar-refractivity contribution in [2.45, 2.75) is 24.2 Å². The van der Waals surface area contributed by atoms with E-state index in [2.05, 4.69) is 16.1 Å². The lowest BCUT2D eigenvalue weighted by molar-refractivity contribution is 0.246. The molecule has 0 bridgehead atoms. The highest BCUT2D eigenvalue weighted by atomic mass is 32.2. The van der Waals surface area contributed by atoms with Crippen LogP contribution in [-0.2, 0) is 22.9 Å². The molecule has 1 aliphatic heterocycles. The van der Waals surface area contributed by atoms with Crippen LogP contribution >= 0.6 is 0 Å². The molecule has 7 nitrogen and oxygen atoms in total. The summed E-state index contributed by atoms with van der Waals surface area (Å²) in [4.78, 5) is 14.7. The van der Waals surface area contributed by atoms with Gasteiger partial charge in [0.1, 0.15) is 0 Å². The molecule has 1 heterocycles. The van der Waals surface area contributed by atoms with Crippen molar-refractivity contribution in [3.05, 3.63) is 89.5 Å². The number of carbonyl (C=O) groups is 1. The van der Waals surface area contributed by atoms with Crippen LogP contribution in [0.1, 0.15) is 23.1 Å². The van der Waals surface area contributed by atoms with Crippen molar-refractivity contribution < 1.29 is 13.2 Å². The van der Waals surface area contributed by atoms with Crippen LogP contribution in [0, 0.1) is 11.3 Å². The zero-order valence-corrected chi connectivity index (χ0v) is 18.8. The maximum absolute atomic E-state index is 12.8. The lowest BCUT2D eigenvalue weighted by atomic mass is 10.0. The molecule has 0 fully saturated rings. The Balaban J connectivity index is 1.41. The molecular formula is C25H24N4O3S. The van der Waals surface area contributed by atoms with Crippen LogP contribution in [0.3, 0.4) is 0 Å². The van der Waals surface area contributed by atoms with Gasteiger partial charge in [0.05, 0.1) is 16.5 Å². The quantitative estimate of drug-likeness (QED) is 0.579. The van der Waals surface area contributed by atoms with Gasteiger partial charge in [-0.25, -0.2) is 13.2 Å². The number of nitrogens with one attached hydrogen (secondary N) is 2. The summed E-state index contributed by atoms with van der Waals surface area (Å²) in [6.07, 6.45) is 2.23. The standard InChI is InChI=1S/C25H24N4O3S/c26-18-20-10-8-19(9-11-20)14-15-27-25(30)29-16-4-5-21-17-22(12-13-24(21)29)28-33(31,32)23-6-2-1-3-7-23/h1-3,6-13,17,28H,4-5,14-16H2,(H,27,30). The third-order valence-corrected chi connectivity index (χ3v) is 6.92. The molecule has 4 rings (SSSR count). The van der Waals surface area contributed by atoms with Crippen molar-refractivity contribution in [2.75, 3.05) is 22.7 Å². The Morgan fingerprint density at radius 1 is 1.03 bits per heavy atom. The largest absolute Gasteiger partial charge is 0.337 e. The van der Waals surface area contributed by atoms with Crippen molar-refractivity contribution in [1.29, 1.82) is 5.26 Å². The normalized spacial score (nSPS) is 13.0. The molecule has 2 N–H and O–H groups in total. The number of urea groups is 1. The number of rotatable bonds is 6. The molecule has 3 aromatic rings. The first-order chi connectivity index (χ1) is 16.0. The molecule has 168 valence electrons. The van der Waals surface area contributed by atoms with E-state index >= 15 is 0 Å². The van der Waals surface area contributed by atoms with E-state index in [1.807, 2.05) is 12.1 Å². The number of sulfonamides is 1. The van der Waals surface area contributed by atoms with Crippen molar-refractivity contribution >= 4 is 27.4 Å². The molecule has 0 radical (unpaired) electrons. The Morgan fingerprint density at radius 2 is 1.79 bits per heavy atom. The lowest BCUT2D eigenvalue weighted by Crippen LogP contribution is -2.43. The third kappa shape index (κ3) is 5.33. The number of carbonyl (C=O) groups excluding carboxylic acids is 1. The summed E-state index contributed by atoms with van der Waals surface area (Å²) < 4.78 is 27.8. The van der Waals surface area contributed by atoms with Crippen molar-refractivity contribution in [3.8, 4) is 6.07 Å². The first-order valence-corrected chi connectivity index (χ1v) is 12.2.